The molecule has 1 fully saturated rings. The highest BCUT2D eigenvalue weighted by Gasteiger charge is 2.32. The van der Waals surface area contributed by atoms with E-state index >= 15 is 0 Å². The summed E-state index contributed by atoms with van der Waals surface area (Å²) in [6.45, 7) is 2.16. The molecular weight excluding hydrogens is 422 g/mol. The van der Waals surface area contributed by atoms with Crippen LogP contribution in [0.25, 0.3) is 0 Å². The molecule has 2 aromatic heterocycles. The van der Waals surface area contributed by atoms with Crippen LogP contribution in [0.1, 0.15) is 5.56 Å². The van der Waals surface area contributed by atoms with Crippen molar-refractivity contribution < 1.29 is 13.2 Å². The van der Waals surface area contributed by atoms with Crippen LogP contribution in [0.5, 0.6) is 0 Å². The SMILES string of the molecule is FC(F)(F)c1cnc(N2CCN(C(=S)Nc3cc(Cl)ccn3)CC2)c(Cl)c1. The topological polar surface area (TPSA) is 44.3 Å². The molecule has 144 valence electrons. The molecule has 3 rings (SSSR count). The fourth-order valence-electron chi connectivity index (χ4n) is 2.60. The van der Waals surface area contributed by atoms with Crippen molar-refractivity contribution in [2.75, 3.05) is 36.4 Å². The third-order valence-electron chi connectivity index (χ3n) is 3.97. The number of anilines is 2. The zero-order valence-electron chi connectivity index (χ0n) is 13.8. The van der Waals surface area contributed by atoms with Gasteiger partial charge in [-0.1, -0.05) is 23.2 Å². The standard InChI is InChI=1S/C16H14Cl2F3N5S/c17-11-1-2-22-13(8-11)24-15(27)26-5-3-25(4-6-26)14-12(18)7-10(9-23-14)16(19,20)21/h1-2,7-9H,3-6H2,(H,22,24,27). The second-order valence-electron chi connectivity index (χ2n) is 5.79. The molecule has 0 spiro atoms. The van der Waals surface area contributed by atoms with Gasteiger partial charge in [-0.2, -0.15) is 13.2 Å². The summed E-state index contributed by atoms with van der Waals surface area (Å²) in [5, 5.41) is 4.03. The van der Waals surface area contributed by atoms with Crippen molar-refractivity contribution in [1.29, 1.82) is 0 Å². The van der Waals surface area contributed by atoms with Gasteiger partial charge >= 0.3 is 6.18 Å². The van der Waals surface area contributed by atoms with E-state index < -0.39 is 11.7 Å². The highest BCUT2D eigenvalue weighted by molar-refractivity contribution is 7.80. The van der Waals surface area contributed by atoms with E-state index in [2.05, 4.69) is 15.3 Å². The van der Waals surface area contributed by atoms with Gasteiger partial charge in [0.05, 0.1) is 10.6 Å². The Morgan fingerprint density at radius 3 is 2.41 bits per heavy atom. The number of aromatic nitrogens is 2. The Balaban J connectivity index is 1.61. The highest BCUT2D eigenvalue weighted by Crippen LogP contribution is 2.33. The number of thiocarbonyl (C=S) groups is 1. The molecule has 27 heavy (non-hydrogen) atoms. The first-order valence-corrected chi connectivity index (χ1v) is 9.05. The molecule has 5 nitrogen and oxygen atoms in total. The summed E-state index contributed by atoms with van der Waals surface area (Å²) >= 11 is 17.3. The average Bonchev–Trinajstić information content (AvgIpc) is 2.61. The minimum absolute atomic E-state index is 0.0258. The first-order chi connectivity index (χ1) is 12.7. The maximum absolute atomic E-state index is 12.7. The van der Waals surface area contributed by atoms with Crippen molar-refractivity contribution in [3.8, 4) is 0 Å². The molecule has 1 aliphatic heterocycles. The summed E-state index contributed by atoms with van der Waals surface area (Å²) in [5.41, 5.74) is -0.866. The smallest absolute Gasteiger partial charge is 0.352 e. The molecule has 3 heterocycles. The molecule has 1 aliphatic rings. The molecule has 1 saturated heterocycles. The minimum Gasteiger partial charge on any atom is -0.352 e. The molecular formula is C16H14Cl2F3N5S. The molecule has 0 radical (unpaired) electrons. The molecule has 1 N–H and O–H groups in total. The Hall–Kier alpha value is -1.84. The molecule has 0 amide bonds. The molecule has 11 heteroatoms. The Morgan fingerprint density at radius 2 is 1.81 bits per heavy atom. The second-order valence-corrected chi connectivity index (χ2v) is 7.02. The van der Waals surface area contributed by atoms with Crippen LogP contribution in [0.2, 0.25) is 10.0 Å². The van der Waals surface area contributed by atoms with Crippen LogP contribution >= 0.6 is 35.4 Å². The number of pyridine rings is 2. The molecule has 0 atom stereocenters. The van der Waals surface area contributed by atoms with E-state index in [9.17, 15) is 13.2 Å². The molecule has 0 saturated carbocycles. The van der Waals surface area contributed by atoms with Gasteiger partial charge in [-0.15, -0.1) is 0 Å². The zero-order chi connectivity index (χ0) is 19.6. The molecule has 2 aromatic rings. The number of alkyl halides is 3. The third-order valence-corrected chi connectivity index (χ3v) is 4.85. The van der Waals surface area contributed by atoms with E-state index in [1.54, 1.807) is 18.3 Å². The van der Waals surface area contributed by atoms with Gasteiger partial charge < -0.3 is 15.1 Å². The highest BCUT2D eigenvalue weighted by atomic mass is 35.5. The summed E-state index contributed by atoms with van der Waals surface area (Å²) in [6.07, 6.45) is -2.10. The van der Waals surface area contributed by atoms with Crippen LogP contribution in [-0.2, 0) is 6.18 Å². The molecule has 0 unspecified atom stereocenters. The van der Waals surface area contributed by atoms with Crippen LogP contribution < -0.4 is 10.2 Å². The van der Waals surface area contributed by atoms with E-state index in [1.165, 1.54) is 0 Å². The summed E-state index contributed by atoms with van der Waals surface area (Å²) in [7, 11) is 0. The maximum Gasteiger partial charge on any atom is 0.417 e. The van der Waals surface area contributed by atoms with Crippen LogP contribution in [0.15, 0.2) is 30.6 Å². The fraction of sp³-hybridized carbons (Fsp3) is 0.312. The number of piperazine rings is 1. The van der Waals surface area contributed by atoms with Gasteiger partial charge in [0.15, 0.2) is 5.11 Å². The first kappa shape index (κ1) is 19.9. The van der Waals surface area contributed by atoms with Gasteiger partial charge in [0, 0.05) is 43.6 Å². The molecule has 0 aromatic carbocycles. The van der Waals surface area contributed by atoms with Crippen molar-refractivity contribution >= 4 is 52.2 Å². The lowest BCUT2D eigenvalue weighted by molar-refractivity contribution is -0.137. The zero-order valence-corrected chi connectivity index (χ0v) is 16.1. The van der Waals surface area contributed by atoms with Gasteiger partial charge in [0.1, 0.15) is 11.6 Å². The maximum atomic E-state index is 12.7. The van der Waals surface area contributed by atoms with Gasteiger partial charge in [-0.3, -0.25) is 0 Å². The van der Waals surface area contributed by atoms with Crippen LogP contribution in [0, 0.1) is 0 Å². The predicted molar refractivity (Wildman–Crippen MR) is 104 cm³/mol. The Kier molecular flexibility index (Phi) is 5.92. The number of rotatable bonds is 2. The van der Waals surface area contributed by atoms with Gasteiger partial charge in [0.2, 0.25) is 0 Å². The lowest BCUT2D eigenvalue weighted by Gasteiger charge is -2.37. The van der Waals surface area contributed by atoms with E-state index in [0.29, 0.717) is 47.9 Å². The van der Waals surface area contributed by atoms with E-state index in [1.807, 2.05) is 9.80 Å². The van der Waals surface area contributed by atoms with Crippen molar-refractivity contribution in [1.82, 2.24) is 14.9 Å². The summed E-state index contributed by atoms with van der Waals surface area (Å²) < 4.78 is 38.2. The monoisotopic (exact) mass is 435 g/mol. The lowest BCUT2D eigenvalue weighted by Crippen LogP contribution is -2.50. The number of nitrogens with zero attached hydrogens (tertiary/aromatic N) is 4. The van der Waals surface area contributed by atoms with E-state index in [-0.39, 0.29) is 5.02 Å². The summed E-state index contributed by atoms with van der Waals surface area (Å²) in [5.74, 6) is 0.877. The number of hydrogen-bond acceptors (Lipinski definition) is 4. The Bertz CT molecular complexity index is 841. The van der Waals surface area contributed by atoms with Crippen molar-refractivity contribution in [2.45, 2.75) is 6.18 Å². The van der Waals surface area contributed by atoms with E-state index in [0.717, 1.165) is 12.3 Å². The Morgan fingerprint density at radius 1 is 1.11 bits per heavy atom. The Labute approximate surface area is 169 Å². The van der Waals surface area contributed by atoms with Gasteiger partial charge in [0.25, 0.3) is 0 Å². The quantitative estimate of drug-likeness (QED) is 0.708. The number of hydrogen-bond donors (Lipinski definition) is 1. The summed E-state index contributed by atoms with van der Waals surface area (Å²) in [4.78, 5) is 11.8. The van der Waals surface area contributed by atoms with Crippen molar-refractivity contribution in [2.24, 2.45) is 0 Å². The largest absolute Gasteiger partial charge is 0.417 e. The molecule has 0 aliphatic carbocycles. The van der Waals surface area contributed by atoms with E-state index in [4.69, 9.17) is 35.4 Å². The predicted octanol–water partition coefficient (Wildman–Crippen LogP) is 4.32. The number of nitrogens with one attached hydrogen (secondary N) is 1. The average molecular weight is 436 g/mol. The summed E-state index contributed by atoms with van der Waals surface area (Å²) in [6, 6.07) is 4.22. The number of halogens is 5. The van der Waals surface area contributed by atoms with Crippen LogP contribution in [-0.4, -0.2) is 46.2 Å². The third kappa shape index (κ3) is 4.91. The first-order valence-electron chi connectivity index (χ1n) is 7.89. The normalized spacial score (nSPS) is 15.0. The van der Waals surface area contributed by atoms with Gasteiger partial charge in [-0.25, -0.2) is 9.97 Å². The van der Waals surface area contributed by atoms with Crippen molar-refractivity contribution in [3.05, 3.63) is 46.2 Å². The van der Waals surface area contributed by atoms with Crippen LogP contribution in [0.4, 0.5) is 24.8 Å². The van der Waals surface area contributed by atoms with Gasteiger partial charge in [-0.05, 0) is 30.4 Å². The molecule has 0 bridgehead atoms. The lowest BCUT2D eigenvalue weighted by atomic mass is 10.2. The van der Waals surface area contributed by atoms with Crippen molar-refractivity contribution in [3.63, 3.8) is 0 Å². The van der Waals surface area contributed by atoms with Crippen LogP contribution in [0.3, 0.4) is 0 Å². The minimum atomic E-state index is -4.47. The fourth-order valence-corrected chi connectivity index (χ4v) is 3.33. The second kappa shape index (κ2) is 8.04.